The molecule has 2 amide bonds. The first-order valence-corrected chi connectivity index (χ1v) is 13.7. The number of amides is 2. The third kappa shape index (κ3) is 6.42. The van der Waals surface area contributed by atoms with E-state index in [-0.39, 0.29) is 24.1 Å². The van der Waals surface area contributed by atoms with Crippen molar-refractivity contribution in [3.05, 3.63) is 66.0 Å². The normalized spacial score (nSPS) is 10.7. The first-order chi connectivity index (χ1) is 17.6. The molecule has 0 unspecified atom stereocenters. The average molecular weight is 542 g/mol. The maximum Gasteiger partial charge on any atom is 0.255 e. The number of thioether (sulfide) groups is 2. The molecule has 0 aliphatic rings. The van der Waals surface area contributed by atoms with Crippen LogP contribution in [-0.2, 0) is 11.3 Å². The van der Waals surface area contributed by atoms with Gasteiger partial charge in [-0.15, -0.1) is 20.4 Å². The molecule has 0 spiro atoms. The van der Waals surface area contributed by atoms with Gasteiger partial charge in [0.2, 0.25) is 11.0 Å². The van der Waals surface area contributed by atoms with Crippen molar-refractivity contribution in [2.75, 3.05) is 23.9 Å². The summed E-state index contributed by atoms with van der Waals surface area (Å²) < 4.78 is 7.91. The van der Waals surface area contributed by atoms with E-state index in [2.05, 4.69) is 31.0 Å². The second kappa shape index (κ2) is 12.5. The van der Waals surface area contributed by atoms with Crippen LogP contribution in [0.3, 0.4) is 0 Å². The molecule has 186 valence electrons. The lowest BCUT2D eigenvalue weighted by atomic mass is 10.2. The van der Waals surface area contributed by atoms with Crippen molar-refractivity contribution in [2.24, 2.45) is 0 Å². The zero-order chi connectivity index (χ0) is 25.3. The standard InChI is InChI=1S/C23H23N7O3S3/c1-3-34-23-29-27-21(36-23)25-19(31)14-35-22-28-26-18(30(22)15-9-5-4-6-10-15)13-24-20(32)16-11-7-8-12-17(16)33-2/h4-12H,3,13-14H2,1-2H3,(H,24,32)(H,25,27,31). The molecule has 4 aromatic rings. The zero-order valence-electron chi connectivity index (χ0n) is 19.5. The minimum absolute atomic E-state index is 0.106. The zero-order valence-corrected chi connectivity index (χ0v) is 22.0. The van der Waals surface area contributed by atoms with Crippen molar-refractivity contribution < 1.29 is 14.3 Å². The summed E-state index contributed by atoms with van der Waals surface area (Å²) in [6.45, 7) is 2.16. The van der Waals surface area contributed by atoms with Gasteiger partial charge < -0.3 is 10.1 Å². The Morgan fingerprint density at radius 1 is 1.00 bits per heavy atom. The molecule has 2 heterocycles. The first kappa shape index (κ1) is 25.7. The molecule has 4 rings (SSSR count). The molecule has 0 saturated heterocycles. The van der Waals surface area contributed by atoms with Crippen LogP contribution in [0.15, 0.2) is 64.1 Å². The summed E-state index contributed by atoms with van der Waals surface area (Å²) in [6, 6.07) is 16.5. The fraction of sp³-hybridized carbons (Fsp3) is 0.217. The van der Waals surface area contributed by atoms with Crippen LogP contribution in [0, 0.1) is 0 Å². The van der Waals surface area contributed by atoms with Gasteiger partial charge in [-0.3, -0.25) is 19.5 Å². The van der Waals surface area contributed by atoms with Crippen molar-refractivity contribution in [3.63, 3.8) is 0 Å². The van der Waals surface area contributed by atoms with Crippen molar-refractivity contribution in [2.45, 2.75) is 23.0 Å². The van der Waals surface area contributed by atoms with Crippen LogP contribution in [0.4, 0.5) is 5.13 Å². The monoisotopic (exact) mass is 541 g/mol. The summed E-state index contributed by atoms with van der Waals surface area (Å²) >= 11 is 4.15. The molecule has 0 atom stereocenters. The Labute approximate surface area is 220 Å². The van der Waals surface area contributed by atoms with Gasteiger partial charge in [0.1, 0.15) is 5.75 Å². The number of carbonyl (C=O) groups is 2. The van der Waals surface area contributed by atoms with Gasteiger partial charge in [0.15, 0.2) is 15.3 Å². The molecule has 0 radical (unpaired) electrons. The highest BCUT2D eigenvalue weighted by Crippen LogP contribution is 2.26. The molecule has 10 nitrogen and oxygen atoms in total. The number of hydrogen-bond acceptors (Lipinski definition) is 10. The van der Waals surface area contributed by atoms with E-state index < -0.39 is 0 Å². The van der Waals surface area contributed by atoms with Gasteiger partial charge >= 0.3 is 0 Å². The number of nitrogens with one attached hydrogen (secondary N) is 2. The van der Waals surface area contributed by atoms with Crippen LogP contribution >= 0.6 is 34.9 Å². The van der Waals surface area contributed by atoms with Crippen LogP contribution in [0.2, 0.25) is 0 Å². The van der Waals surface area contributed by atoms with Crippen LogP contribution in [0.5, 0.6) is 5.75 Å². The number of benzene rings is 2. The summed E-state index contributed by atoms with van der Waals surface area (Å²) in [4.78, 5) is 25.3. The molecule has 0 fully saturated rings. The Hall–Kier alpha value is -3.42. The van der Waals surface area contributed by atoms with E-state index in [0.29, 0.717) is 27.4 Å². The SMILES string of the molecule is CCSc1nnc(NC(=O)CSc2nnc(CNC(=O)c3ccccc3OC)n2-c2ccccc2)s1. The van der Waals surface area contributed by atoms with Crippen molar-refractivity contribution >= 4 is 51.8 Å². The largest absolute Gasteiger partial charge is 0.496 e. The topological polar surface area (TPSA) is 124 Å². The first-order valence-electron chi connectivity index (χ1n) is 10.9. The molecule has 0 saturated carbocycles. The maximum absolute atomic E-state index is 12.8. The fourth-order valence-corrected chi connectivity index (χ4v) is 5.59. The predicted molar refractivity (Wildman–Crippen MR) is 141 cm³/mol. The van der Waals surface area contributed by atoms with Crippen molar-refractivity contribution in [3.8, 4) is 11.4 Å². The predicted octanol–water partition coefficient (Wildman–Crippen LogP) is 3.90. The second-order valence-corrected chi connectivity index (χ2v) is 10.5. The van der Waals surface area contributed by atoms with Crippen molar-refractivity contribution in [1.29, 1.82) is 0 Å². The van der Waals surface area contributed by atoms with E-state index >= 15 is 0 Å². The Kier molecular flexibility index (Phi) is 8.92. The minimum Gasteiger partial charge on any atom is -0.496 e. The molecule has 13 heteroatoms. The molecule has 0 aliphatic carbocycles. The third-order valence-electron chi connectivity index (χ3n) is 4.73. The van der Waals surface area contributed by atoms with Crippen LogP contribution in [0.25, 0.3) is 5.69 Å². The van der Waals surface area contributed by atoms with E-state index in [1.807, 2.05) is 41.8 Å². The highest BCUT2D eigenvalue weighted by molar-refractivity contribution is 8.01. The number of methoxy groups -OCH3 is 1. The Morgan fingerprint density at radius 3 is 2.56 bits per heavy atom. The molecular weight excluding hydrogens is 519 g/mol. The molecule has 2 aromatic heterocycles. The van der Waals surface area contributed by atoms with Gasteiger partial charge in [0.25, 0.3) is 5.91 Å². The molecule has 2 N–H and O–H groups in total. The van der Waals surface area contributed by atoms with Crippen LogP contribution in [-0.4, -0.2) is 55.4 Å². The van der Waals surface area contributed by atoms with Crippen LogP contribution in [0.1, 0.15) is 23.1 Å². The number of anilines is 1. The van der Waals surface area contributed by atoms with Gasteiger partial charge in [0.05, 0.1) is 25.0 Å². The average Bonchev–Trinajstić information content (AvgIpc) is 3.53. The van der Waals surface area contributed by atoms with E-state index in [9.17, 15) is 9.59 Å². The second-order valence-electron chi connectivity index (χ2n) is 7.10. The maximum atomic E-state index is 12.8. The quantitative estimate of drug-likeness (QED) is 0.215. The van der Waals surface area contributed by atoms with Gasteiger partial charge in [-0.05, 0) is 30.0 Å². The van der Waals surface area contributed by atoms with Gasteiger partial charge in [0, 0.05) is 5.69 Å². The smallest absolute Gasteiger partial charge is 0.255 e. The molecule has 2 aromatic carbocycles. The number of carbonyl (C=O) groups excluding carboxylic acids is 2. The number of hydrogen-bond donors (Lipinski definition) is 2. The number of para-hydroxylation sites is 2. The lowest BCUT2D eigenvalue weighted by Gasteiger charge is -2.12. The van der Waals surface area contributed by atoms with Gasteiger partial charge in [-0.25, -0.2) is 0 Å². The number of nitrogens with zero attached hydrogens (tertiary/aromatic N) is 5. The Morgan fingerprint density at radius 2 is 1.78 bits per heavy atom. The summed E-state index contributed by atoms with van der Waals surface area (Å²) in [5, 5.41) is 23.2. The number of ether oxygens (including phenoxy) is 1. The summed E-state index contributed by atoms with van der Waals surface area (Å²) in [7, 11) is 1.52. The summed E-state index contributed by atoms with van der Waals surface area (Å²) in [6.07, 6.45) is 0. The Bertz CT molecular complexity index is 1330. The minimum atomic E-state index is -0.290. The van der Waals surface area contributed by atoms with Crippen LogP contribution < -0.4 is 15.4 Å². The molecule has 0 aliphatic heterocycles. The highest BCUT2D eigenvalue weighted by atomic mass is 32.2. The molecule has 0 bridgehead atoms. The van der Waals surface area contributed by atoms with E-state index in [1.54, 1.807) is 36.0 Å². The van der Waals surface area contributed by atoms with E-state index in [1.165, 1.54) is 30.2 Å². The van der Waals surface area contributed by atoms with E-state index in [4.69, 9.17) is 4.74 Å². The lowest BCUT2D eigenvalue weighted by molar-refractivity contribution is -0.113. The summed E-state index contributed by atoms with van der Waals surface area (Å²) in [5.74, 6) is 1.48. The van der Waals surface area contributed by atoms with Gasteiger partial charge in [-0.2, -0.15) is 0 Å². The highest BCUT2D eigenvalue weighted by Gasteiger charge is 2.18. The summed E-state index contributed by atoms with van der Waals surface area (Å²) in [5.41, 5.74) is 1.24. The molecular formula is C23H23N7O3S3. The number of aromatic nitrogens is 5. The lowest BCUT2D eigenvalue weighted by Crippen LogP contribution is -2.25. The van der Waals surface area contributed by atoms with Gasteiger partial charge in [-0.1, -0.05) is 72.1 Å². The fourth-order valence-electron chi connectivity index (χ4n) is 3.16. The van der Waals surface area contributed by atoms with Crippen molar-refractivity contribution in [1.82, 2.24) is 30.3 Å². The van der Waals surface area contributed by atoms with E-state index in [0.717, 1.165) is 15.8 Å². The third-order valence-corrected chi connectivity index (χ3v) is 7.51. The molecule has 36 heavy (non-hydrogen) atoms. The number of rotatable bonds is 11. The Balaban J connectivity index is 1.46.